The average Bonchev–Trinajstić information content (AvgIpc) is 2.50. The van der Waals surface area contributed by atoms with Gasteiger partial charge in [-0.05, 0) is 26.7 Å². The van der Waals surface area contributed by atoms with Crippen LogP contribution in [0.4, 0.5) is 0 Å². The van der Waals surface area contributed by atoms with Gasteiger partial charge in [-0.1, -0.05) is 13.8 Å². The molecule has 0 spiro atoms. The van der Waals surface area contributed by atoms with Crippen LogP contribution in [0.5, 0.6) is 0 Å². The van der Waals surface area contributed by atoms with Gasteiger partial charge in [-0.3, -0.25) is 0 Å². The molecule has 13 heavy (non-hydrogen) atoms. The lowest BCUT2D eigenvalue weighted by Gasteiger charge is -2.11. The summed E-state index contributed by atoms with van der Waals surface area (Å²) in [6.07, 6.45) is 6.49. The monoisotopic (exact) mass is 181 g/mol. The Bertz CT molecular complexity index is 261. The molecule has 1 atom stereocenters. The molecule has 0 fully saturated rings. The molecular weight excluding hydrogens is 160 g/mol. The minimum absolute atomic E-state index is 0.556. The van der Waals surface area contributed by atoms with Crippen LogP contribution in [-0.2, 0) is 0 Å². The van der Waals surface area contributed by atoms with E-state index in [1.54, 1.807) is 0 Å². The Morgan fingerprint density at radius 2 is 1.69 bits per heavy atom. The Labute approximate surface area is 81.2 Å². The van der Waals surface area contributed by atoms with Gasteiger partial charge in [0, 0.05) is 0 Å². The summed E-state index contributed by atoms with van der Waals surface area (Å²) in [4.78, 5) is 0. The fraction of sp³-hybridized carbons (Fsp3) is 0.727. The van der Waals surface area contributed by atoms with Crippen molar-refractivity contribution in [1.82, 2.24) is 4.57 Å². The molecule has 74 valence electrons. The zero-order valence-electron chi connectivity index (χ0n) is 9.36. The largest absolute Gasteiger partial charge is 0.244 e. The molecule has 1 heterocycles. The van der Waals surface area contributed by atoms with Crippen LogP contribution < -0.4 is 4.57 Å². The van der Waals surface area contributed by atoms with Crippen molar-refractivity contribution in [3.63, 3.8) is 0 Å². The fourth-order valence-electron chi connectivity index (χ4n) is 1.28. The van der Waals surface area contributed by atoms with E-state index in [1.807, 2.05) is 0 Å². The first-order valence-corrected chi connectivity index (χ1v) is 5.10. The lowest BCUT2D eigenvalue weighted by molar-refractivity contribution is -0.725. The van der Waals surface area contributed by atoms with E-state index in [4.69, 9.17) is 0 Å². The smallest absolute Gasteiger partial charge is 0.235 e. The molecule has 0 saturated heterocycles. The molecule has 0 bridgehead atoms. The summed E-state index contributed by atoms with van der Waals surface area (Å²) < 4.78 is 4.52. The molecule has 1 rings (SSSR count). The Morgan fingerprint density at radius 1 is 1.08 bits per heavy atom. The minimum Gasteiger partial charge on any atom is -0.235 e. The van der Waals surface area contributed by atoms with Gasteiger partial charge >= 0.3 is 0 Å². The summed E-state index contributed by atoms with van der Waals surface area (Å²) in [5.41, 5.74) is 0. The van der Waals surface area contributed by atoms with Gasteiger partial charge in [0.25, 0.3) is 0 Å². The fourth-order valence-corrected chi connectivity index (χ4v) is 1.28. The second kappa shape index (κ2) is 3.95. The van der Waals surface area contributed by atoms with Crippen molar-refractivity contribution in [3.8, 4) is 0 Å². The van der Waals surface area contributed by atoms with Crippen molar-refractivity contribution in [2.45, 2.75) is 46.7 Å². The molecule has 0 aromatic carbocycles. The summed E-state index contributed by atoms with van der Waals surface area (Å²) in [5.74, 6) is 0.688. The molecule has 1 aromatic rings. The van der Waals surface area contributed by atoms with Gasteiger partial charge in [0.2, 0.25) is 6.33 Å². The van der Waals surface area contributed by atoms with Crippen LogP contribution in [0.15, 0.2) is 18.7 Å². The summed E-state index contributed by atoms with van der Waals surface area (Å²) in [7, 11) is 0. The van der Waals surface area contributed by atoms with Crippen molar-refractivity contribution in [2.75, 3.05) is 0 Å². The molecule has 2 nitrogen and oxygen atoms in total. The zero-order valence-corrected chi connectivity index (χ0v) is 9.36. The predicted molar refractivity (Wildman–Crippen MR) is 54.6 cm³/mol. The van der Waals surface area contributed by atoms with Crippen molar-refractivity contribution in [1.29, 1.82) is 0 Å². The van der Waals surface area contributed by atoms with Gasteiger partial charge in [-0.2, -0.15) is 0 Å². The van der Waals surface area contributed by atoms with E-state index in [0.29, 0.717) is 18.0 Å². The number of aromatic nitrogens is 2. The highest BCUT2D eigenvalue weighted by atomic mass is 15.1. The van der Waals surface area contributed by atoms with Crippen LogP contribution in [0.2, 0.25) is 0 Å². The summed E-state index contributed by atoms with van der Waals surface area (Å²) in [5, 5.41) is 0. The van der Waals surface area contributed by atoms with Gasteiger partial charge in [0.15, 0.2) is 0 Å². The highest BCUT2D eigenvalue weighted by Crippen LogP contribution is 2.10. The highest BCUT2D eigenvalue weighted by Gasteiger charge is 2.15. The van der Waals surface area contributed by atoms with E-state index >= 15 is 0 Å². The molecule has 0 unspecified atom stereocenters. The van der Waals surface area contributed by atoms with Crippen molar-refractivity contribution >= 4 is 0 Å². The average molecular weight is 181 g/mol. The lowest BCUT2D eigenvalue weighted by atomic mass is 10.1. The second-order valence-electron chi connectivity index (χ2n) is 4.39. The van der Waals surface area contributed by atoms with Crippen LogP contribution in [0.3, 0.4) is 0 Å². The Kier molecular flexibility index (Phi) is 3.12. The van der Waals surface area contributed by atoms with Crippen LogP contribution in [-0.4, -0.2) is 4.57 Å². The third kappa shape index (κ3) is 2.33. The number of nitrogens with zero attached hydrogens (tertiary/aromatic N) is 2. The lowest BCUT2D eigenvalue weighted by Crippen LogP contribution is -2.38. The van der Waals surface area contributed by atoms with Crippen LogP contribution in [0, 0.1) is 5.92 Å². The maximum Gasteiger partial charge on any atom is 0.244 e. The molecule has 1 aromatic heterocycles. The molecule has 0 aliphatic carbocycles. The molecule has 0 saturated carbocycles. The second-order valence-corrected chi connectivity index (χ2v) is 4.39. The number of hydrogen-bond acceptors (Lipinski definition) is 0. The normalized spacial score (nSPS) is 14.1. The van der Waals surface area contributed by atoms with Gasteiger partial charge in [-0.25, -0.2) is 9.13 Å². The van der Waals surface area contributed by atoms with E-state index in [0.717, 1.165) is 0 Å². The predicted octanol–water partition coefficient (Wildman–Crippen LogP) is 2.57. The first-order valence-electron chi connectivity index (χ1n) is 5.10. The van der Waals surface area contributed by atoms with Gasteiger partial charge in [-0.15, -0.1) is 0 Å². The Balaban J connectivity index is 2.79. The maximum atomic E-state index is 2.28. The van der Waals surface area contributed by atoms with Gasteiger partial charge in [0.1, 0.15) is 12.4 Å². The Hall–Kier alpha value is -0.790. The Morgan fingerprint density at radius 3 is 2.08 bits per heavy atom. The third-order valence-electron chi connectivity index (χ3n) is 2.71. The molecule has 0 aliphatic heterocycles. The van der Waals surface area contributed by atoms with E-state index in [-0.39, 0.29) is 0 Å². The SMILES string of the molecule is CC(C)[C@H](C)[n+]1ccn(C(C)C)c1. The van der Waals surface area contributed by atoms with E-state index in [2.05, 4.69) is 62.5 Å². The summed E-state index contributed by atoms with van der Waals surface area (Å²) >= 11 is 0. The molecule has 0 aliphatic rings. The van der Waals surface area contributed by atoms with Gasteiger partial charge < -0.3 is 0 Å². The molecule has 0 amide bonds. The van der Waals surface area contributed by atoms with E-state index in [9.17, 15) is 0 Å². The maximum absolute atomic E-state index is 2.28. The zero-order chi connectivity index (χ0) is 10.0. The standard InChI is InChI=1S/C11H21N2/c1-9(2)11(5)13-7-6-12(8-13)10(3)4/h6-11H,1-5H3/q+1/t11-/m0/s1. The topological polar surface area (TPSA) is 8.81 Å². The number of hydrogen-bond donors (Lipinski definition) is 0. The van der Waals surface area contributed by atoms with E-state index < -0.39 is 0 Å². The third-order valence-corrected chi connectivity index (χ3v) is 2.71. The molecule has 0 N–H and O–H groups in total. The highest BCUT2D eigenvalue weighted by molar-refractivity contribution is 4.71. The van der Waals surface area contributed by atoms with Crippen LogP contribution in [0.25, 0.3) is 0 Å². The quantitative estimate of drug-likeness (QED) is 0.634. The molecule has 2 heteroatoms. The van der Waals surface area contributed by atoms with Crippen LogP contribution >= 0.6 is 0 Å². The number of imidazole rings is 1. The van der Waals surface area contributed by atoms with Crippen molar-refractivity contribution < 1.29 is 4.57 Å². The first-order chi connectivity index (χ1) is 6.02. The summed E-state index contributed by atoms with van der Waals surface area (Å²) in [6.45, 7) is 11.2. The number of rotatable bonds is 3. The molecular formula is C11H21N2+. The van der Waals surface area contributed by atoms with E-state index in [1.165, 1.54) is 0 Å². The molecule has 0 radical (unpaired) electrons. The van der Waals surface area contributed by atoms with Crippen molar-refractivity contribution in [3.05, 3.63) is 18.7 Å². The summed E-state index contributed by atoms with van der Waals surface area (Å²) in [6, 6.07) is 1.14. The first kappa shape index (κ1) is 10.3. The van der Waals surface area contributed by atoms with Crippen LogP contribution in [0.1, 0.15) is 46.7 Å². The minimum atomic E-state index is 0.556. The van der Waals surface area contributed by atoms with Gasteiger partial charge in [0.05, 0.1) is 12.1 Å². The van der Waals surface area contributed by atoms with Crippen molar-refractivity contribution in [2.24, 2.45) is 5.92 Å².